The number of benzene rings is 2. The average Bonchev–Trinajstić information content (AvgIpc) is 2.67. The topological polar surface area (TPSA) is 80.7 Å². The maximum Gasteiger partial charge on any atom is 0.123 e. The van der Waals surface area contributed by atoms with Gasteiger partial charge in [-0.05, 0) is 35.4 Å². The molecule has 0 fully saturated rings. The van der Waals surface area contributed by atoms with Crippen LogP contribution in [0.3, 0.4) is 0 Å². The van der Waals surface area contributed by atoms with Crippen LogP contribution in [0, 0.1) is 28.5 Å². The van der Waals surface area contributed by atoms with E-state index in [1.807, 2.05) is 0 Å². The molecule has 0 saturated carbocycles. The molecule has 0 radical (unpaired) electrons. The molecule has 0 aliphatic rings. The van der Waals surface area contributed by atoms with Gasteiger partial charge < -0.3 is 5.11 Å². The average molecular weight is 361 g/mol. The molecule has 0 unspecified atom stereocenters. The number of nitrogens with zero attached hydrogens (tertiary/aromatic N) is 3. The number of rotatable bonds is 4. The summed E-state index contributed by atoms with van der Waals surface area (Å²) in [5.74, 6) is 0.316. The van der Waals surface area contributed by atoms with Crippen molar-refractivity contribution < 1.29 is 9.50 Å². The van der Waals surface area contributed by atoms with E-state index in [4.69, 9.17) is 0 Å². The first kappa shape index (κ1) is 17.5. The zero-order chi connectivity index (χ0) is 18.5. The lowest BCUT2D eigenvalue weighted by Gasteiger charge is -2.11. The monoisotopic (exact) mass is 361 g/mol. The van der Waals surface area contributed by atoms with Crippen molar-refractivity contribution in [1.82, 2.24) is 4.98 Å². The summed E-state index contributed by atoms with van der Waals surface area (Å²) in [6.45, 7) is 0. The highest BCUT2D eigenvalue weighted by atomic mass is 32.2. The van der Waals surface area contributed by atoms with Crippen molar-refractivity contribution in [1.29, 1.82) is 10.5 Å². The number of aromatic hydroxyl groups is 1. The quantitative estimate of drug-likeness (QED) is 0.685. The number of halogens is 1. The Bertz CT molecular complexity index is 1020. The molecule has 2 aromatic carbocycles. The normalized spacial score (nSPS) is 10.1. The number of hydrogen-bond donors (Lipinski definition) is 1. The van der Waals surface area contributed by atoms with E-state index in [-0.39, 0.29) is 11.6 Å². The molecule has 1 aromatic heterocycles. The summed E-state index contributed by atoms with van der Waals surface area (Å²) in [6.07, 6.45) is 1.44. The van der Waals surface area contributed by atoms with E-state index < -0.39 is 0 Å². The van der Waals surface area contributed by atoms with Crippen molar-refractivity contribution in [3.63, 3.8) is 0 Å². The Labute approximate surface area is 154 Å². The molecule has 0 bridgehead atoms. The van der Waals surface area contributed by atoms with Crippen LogP contribution in [-0.4, -0.2) is 10.1 Å². The third-order valence-electron chi connectivity index (χ3n) is 3.72. The lowest BCUT2D eigenvalue weighted by Crippen LogP contribution is -1.96. The molecule has 0 amide bonds. The lowest BCUT2D eigenvalue weighted by atomic mass is 9.98. The minimum absolute atomic E-state index is 0.103. The maximum absolute atomic E-state index is 13.0. The Morgan fingerprint density at radius 2 is 1.69 bits per heavy atom. The maximum atomic E-state index is 13.0. The van der Waals surface area contributed by atoms with E-state index in [1.165, 1.54) is 42.2 Å². The van der Waals surface area contributed by atoms with E-state index in [0.29, 0.717) is 33.0 Å². The molecule has 3 rings (SSSR count). The SMILES string of the molecule is N#Cc1cnc(SCc2ccc(F)cc2)c(C#N)c1-c1ccc(O)cc1. The number of phenolic OH excluding ortho intramolecular Hbond substituents is 1. The number of pyridine rings is 1. The number of phenols is 1. The molecule has 0 aliphatic heterocycles. The van der Waals surface area contributed by atoms with Gasteiger partial charge in [-0.15, -0.1) is 11.8 Å². The molecule has 1 heterocycles. The fourth-order valence-corrected chi connectivity index (χ4v) is 3.37. The van der Waals surface area contributed by atoms with E-state index in [1.54, 1.807) is 24.3 Å². The molecule has 1 N–H and O–H groups in total. The Morgan fingerprint density at radius 1 is 1.00 bits per heavy atom. The van der Waals surface area contributed by atoms with Gasteiger partial charge in [0.05, 0.1) is 11.1 Å². The zero-order valence-electron chi connectivity index (χ0n) is 13.5. The molecular weight excluding hydrogens is 349 g/mol. The van der Waals surface area contributed by atoms with Crippen LogP contribution in [0.4, 0.5) is 4.39 Å². The zero-order valence-corrected chi connectivity index (χ0v) is 14.3. The number of aromatic nitrogens is 1. The smallest absolute Gasteiger partial charge is 0.123 e. The number of thioether (sulfide) groups is 1. The summed E-state index contributed by atoms with van der Waals surface area (Å²) in [5.41, 5.74) is 2.64. The van der Waals surface area contributed by atoms with Gasteiger partial charge in [-0.25, -0.2) is 9.37 Å². The third kappa shape index (κ3) is 3.66. The van der Waals surface area contributed by atoms with E-state index in [0.717, 1.165) is 5.56 Å². The predicted molar refractivity (Wildman–Crippen MR) is 96.7 cm³/mol. The van der Waals surface area contributed by atoms with Crippen LogP contribution in [0.1, 0.15) is 16.7 Å². The summed E-state index contributed by atoms with van der Waals surface area (Å²) in [7, 11) is 0. The second-order valence-electron chi connectivity index (χ2n) is 5.41. The van der Waals surface area contributed by atoms with Gasteiger partial charge in [-0.2, -0.15) is 10.5 Å². The van der Waals surface area contributed by atoms with Gasteiger partial charge in [0.2, 0.25) is 0 Å². The highest BCUT2D eigenvalue weighted by molar-refractivity contribution is 7.98. The number of hydrogen-bond acceptors (Lipinski definition) is 5. The third-order valence-corrected chi connectivity index (χ3v) is 4.78. The molecule has 126 valence electrons. The Hall–Kier alpha value is -3.35. The van der Waals surface area contributed by atoms with E-state index in [2.05, 4.69) is 17.1 Å². The minimum atomic E-state index is -0.303. The standard InChI is InChI=1S/C20H12FN3OS/c21-16-5-1-13(2-6-16)12-26-20-18(10-23)19(15(9-22)11-24-20)14-3-7-17(25)8-4-14/h1-8,11,25H,12H2. The van der Waals surface area contributed by atoms with Crippen molar-refractivity contribution in [2.45, 2.75) is 10.8 Å². The fraction of sp³-hybridized carbons (Fsp3) is 0.0500. The first-order valence-electron chi connectivity index (χ1n) is 7.62. The van der Waals surface area contributed by atoms with Crippen LogP contribution >= 0.6 is 11.8 Å². The van der Waals surface area contributed by atoms with Crippen molar-refractivity contribution in [3.8, 4) is 29.0 Å². The molecule has 0 atom stereocenters. The predicted octanol–water partition coefficient (Wildman–Crippen LogP) is 4.63. The van der Waals surface area contributed by atoms with Gasteiger partial charge in [0.25, 0.3) is 0 Å². The number of nitriles is 2. The highest BCUT2D eigenvalue weighted by Gasteiger charge is 2.17. The Morgan fingerprint density at radius 3 is 2.31 bits per heavy atom. The van der Waals surface area contributed by atoms with Crippen molar-refractivity contribution in [3.05, 3.63) is 77.2 Å². The molecule has 3 aromatic rings. The fourth-order valence-electron chi connectivity index (χ4n) is 2.45. The molecule has 0 saturated heterocycles. The molecular formula is C20H12FN3OS. The van der Waals surface area contributed by atoms with Gasteiger partial charge in [0.1, 0.15) is 28.7 Å². The molecule has 4 nitrogen and oxygen atoms in total. The van der Waals surface area contributed by atoms with Gasteiger partial charge in [-0.1, -0.05) is 24.3 Å². The summed E-state index contributed by atoms with van der Waals surface area (Å²) in [6, 6.07) is 16.6. The molecule has 0 spiro atoms. The first-order chi connectivity index (χ1) is 12.6. The van der Waals surface area contributed by atoms with E-state index >= 15 is 0 Å². The summed E-state index contributed by atoms with van der Waals surface area (Å²) in [5, 5.41) is 29.0. The summed E-state index contributed by atoms with van der Waals surface area (Å²) < 4.78 is 13.0. The molecule has 0 aliphatic carbocycles. The first-order valence-corrected chi connectivity index (χ1v) is 8.60. The van der Waals surface area contributed by atoms with Gasteiger partial charge in [-0.3, -0.25) is 0 Å². The van der Waals surface area contributed by atoms with Gasteiger partial charge in [0.15, 0.2) is 0 Å². The lowest BCUT2D eigenvalue weighted by molar-refractivity contribution is 0.475. The second kappa shape index (κ2) is 7.69. The highest BCUT2D eigenvalue weighted by Crippen LogP contribution is 2.34. The van der Waals surface area contributed by atoms with Gasteiger partial charge in [0, 0.05) is 17.5 Å². The Kier molecular flexibility index (Phi) is 5.17. The molecule has 6 heteroatoms. The second-order valence-corrected chi connectivity index (χ2v) is 6.38. The van der Waals surface area contributed by atoms with Crippen LogP contribution in [0.25, 0.3) is 11.1 Å². The summed E-state index contributed by atoms with van der Waals surface area (Å²) >= 11 is 1.35. The largest absolute Gasteiger partial charge is 0.508 e. The van der Waals surface area contributed by atoms with Crippen molar-refractivity contribution >= 4 is 11.8 Å². The Balaban J connectivity index is 2.00. The minimum Gasteiger partial charge on any atom is -0.508 e. The van der Waals surface area contributed by atoms with Crippen LogP contribution in [0.2, 0.25) is 0 Å². The van der Waals surface area contributed by atoms with Crippen LogP contribution in [-0.2, 0) is 5.75 Å². The van der Waals surface area contributed by atoms with Crippen molar-refractivity contribution in [2.75, 3.05) is 0 Å². The van der Waals surface area contributed by atoms with Crippen molar-refractivity contribution in [2.24, 2.45) is 0 Å². The van der Waals surface area contributed by atoms with Crippen LogP contribution < -0.4 is 0 Å². The summed E-state index contributed by atoms with van der Waals surface area (Å²) in [4.78, 5) is 4.25. The van der Waals surface area contributed by atoms with Crippen LogP contribution in [0.15, 0.2) is 59.8 Å². The van der Waals surface area contributed by atoms with Gasteiger partial charge >= 0.3 is 0 Å². The van der Waals surface area contributed by atoms with Crippen LogP contribution in [0.5, 0.6) is 5.75 Å². The molecule has 26 heavy (non-hydrogen) atoms. The van der Waals surface area contributed by atoms with E-state index in [9.17, 15) is 20.0 Å².